The van der Waals surface area contributed by atoms with E-state index < -0.39 is 0 Å². The van der Waals surface area contributed by atoms with Crippen LogP contribution in [0.4, 0.5) is 34.1 Å². The number of phenols is 2. The molecule has 206 valence electrons. The van der Waals surface area contributed by atoms with E-state index in [9.17, 15) is 10.2 Å². The van der Waals surface area contributed by atoms with Crippen molar-refractivity contribution in [2.24, 2.45) is 0 Å². The van der Waals surface area contributed by atoms with Crippen LogP contribution in [0.2, 0.25) is 0 Å². The van der Waals surface area contributed by atoms with Gasteiger partial charge in [0, 0.05) is 54.2 Å². The molecule has 0 bridgehead atoms. The number of quaternary nitrogens is 2. The summed E-state index contributed by atoms with van der Waals surface area (Å²) in [6, 6.07) is 17.7. The van der Waals surface area contributed by atoms with Crippen LogP contribution in [-0.2, 0) is 0 Å². The maximum Gasteiger partial charge on any atom is 0.145 e. The summed E-state index contributed by atoms with van der Waals surface area (Å²) in [6.07, 6.45) is 2.20. The number of nitrogens with one attached hydrogen (secondary N) is 5. The van der Waals surface area contributed by atoms with E-state index in [0.29, 0.717) is 16.9 Å². The first-order valence-corrected chi connectivity index (χ1v) is 13.4. The van der Waals surface area contributed by atoms with Gasteiger partial charge in [-0.05, 0) is 61.5 Å². The van der Waals surface area contributed by atoms with E-state index in [1.807, 2.05) is 48.5 Å². The van der Waals surface area contributed by atoms with E-state index in [0.717, 1.165) is 66.3 Å². The molecule has 0 unspecified atom stereocenters. The molecule has 38 heavy (non-hydrogen) atoms. The van der Waals surface area contributed by atoms with Crippen LogP contribution >= 0.6 is 0 Å². The van der Waals surface area contributed by atoms with E-state index in [-0.39, 0.29) is 11.5 Å². The Bertz CT molecular complexity index is 1160. The topological polar surface area (TPSA) is 93.0 Å². The highest BCUT2D eigenvalue weighted by Gasteiger charge is 2.15. The molecule has 0 aliphatic heterocycles. The minimum absolute atomic E-state index is 0.0228. The first kappa shape index (κ1) is 28.9. The van der Waals surface area contributed by atoms with Crippen LogP contribution in [0.25, 0.3) is 0 Å². The van der Waals surface area contributed by atoms with E-state index in [1.54, 1.807) is 13.0 Å². The largest absolute Gasteiger partial charge is 0.505 e. The van der Waals surface area contributed by atoms with Gasteiger partial charge in [-0.25, -0.2) is 0 Å². The van der Waals surface area contributed by atoms with Gasteiger partial charge in [0.15, 0.2) is 0 Å². The number of anilines is 6. The van der Waals surface area contributed by atoms with Crippen LogP contribution in [-0.4, -0.2) is 76.1 Å². The van der Waals surface area contributed by atoms with Crippen LogP contribution in [0.3, 0.4) is 0 Å². The van der Waals surface area contributed by atoms with E-state index in [1.165, 1.54) is 4.90 Å². The van der Waals surface area contributed by atoms with E-state index in [2.05, 4.69) is 56.5 Å². The summed E-state index contributed by atoms with van der Waals surface area (Å²) in [5.74, 6) is 0.0459. The Balaban J connectivity index is 1.62. The molecule has 0 saturated carbocycles. The van der Waals surface area contributed by atoms with Crippen molar-refractivity contribution >= 4 is 34.1 Å². The summed E-state index contributed by atoms with van der Waals surface area (Å²) in [5.41, 5.74) is 5.27. The number of nitrogens with zero attached hydrogens (tertiary/aromatic N) is 1. The quantitative estimate of drug-likeness (QED) is 0.0737. The molecule has 0 radical (unpaired) electrons. The normalized spacial score (nSPS) is 11.4. The summed E-state index contributed by atoms with van der Waals surface area (Å²) in [5, 5.41) is 34.8. The summed E-state index contributed by atoms with van der Waals surface area (Å²) in [7, 11) is 10.9. The minimum Gasteiger partial charge on any atom is -0.505 e. The maximum absolute atomic E-state index is 10.7. The molecule has 3 aromatic carbocycles. The molecular weight excluding hydrogens is 476 g/mol. The van der Waals surface area contributed by atoms with Gasteiger partial charge in [-0.15, -0.1) is 0 Å². The fraction of sp³-hybridized carbons (Fsp3) is 0.400. The predicted molar refractivity (Wildman–Crippen MR) is 161 cm³/mol. The van der Waals surface area contributed by atoms with E-state index in [4.69, 9.17) is 0 Å². The Morgan fingerprint density at radius 2 is 1.11 bits per heavy atom. The van der Waals surface area contributed by atoms with Crippen LogP contribution < -0.4 is 26.2 Å². The highest BCUT2D eigenvalue weighted by Crippen LogP contribution is 2.42. The maximum atomic E-state index is 10.7. The molecule has 0 aliphatic carbocycles. The second kappa shape index (κ2) is 13.3. The molecule has 0 aromatic heterocycles. The first-order valence-electron chi connectivity index (χ1n) is 13.4. The molecule has 0 atom stereocenters. The minimum atomic E-state index is 0.0228. The lowest BCUT2D eigenvalue weighted by Crippen LogP contribution is -3.05. The van der Waals surface area contributed by atoms with Crippen molar-refractivity contribution in [2.45, 2.75) is 19.8 Å². The second-order valence-corrected chi connectivity index (χ2v) is 11.2. The second-order valence-electron chi connectivity index (χ2n) is 11.2. The number of hydrogen-bond donors (Lipinski definition) is 7. The van der Waals surface area contributed by atoms with Crippen molar-refractivity contribution in [2.75, 3.05) is 82.7 Å². The summed E-state index contributed by atoms with van der Waals surface area (Å²) < 4.78 is 0.956. The Labute approximate surface area is 227 Å². The van der Waals surface area contributed by atoms with Crippen molar-refractivity contribution in [3.05, 3.63) is 60.2 Å². The van der Waals surface area contributed by atoms with Gasteiger partial charge < -0.3 is 40.9 Å². The van der Waals surface area contributed by atoms with Gasteiger partial charge in [0.25, 0.3) is 0 Å². The third-order valence-corrected chi connectivity index (χ3v) is 6.35. The molecule has 8 nitrogen and oxygen atoms in total. The summed E-state index contributed by atoms with van der Waals surface area (Å²) >= 11 is 0. The molecule has 0 heterocycles. The van der Waals surface area contributed by atoms with Gasteiger partial charge in [-0.1, -0.05) is 0 Å². The van der Waals surface area contributed by atoms with Crippen LogP contribution in [0.1, 0.15) is 18.4 Å². The zero-order valence-electron chi connectivity index (χ0n) is 23.8. The average Bonchev–Trinajstić information content (AvgIpc) is 2.87. The summed E-state index contributed by atoms with van der Waals surface area (Å²) in [4.78, 5) is 1.44. The lowest BCUT2D eigenvalue weighted by atomic mass is 10.1. The van der Waals surface area contributed by atoms with Crippen molar-refractivity contribution in [1.29, 1.82) is 0 Å². The third kappa shape index (κ3) is 9.04. The van der Waals surface area contributed by atoms with Gasteiger partial charge in [0.2, 0.25) is 0 Å². The zero-order chi connectivity index (χ0) is 27.7. The Morgan fingerprint density at radius 1 is 0.684 bits per heavy atom. The number of hydrogen-bond acceptors (Lipinski definition) is 6. The Hall–Kier alpha value is -3.62. The molecular formula is C30H46N6O2+2. The molecule has 7 N–H and O–H groups in total. The highest BCUT2D eigenvalue weighted by molar-refractivity contribution is 5.80. The molecule has 8 heteroatoms. The molecule has 0 spiro atoms. The van der Waals surface area contributed by atoms with Crippen LogP contribution in [0.5, 0.6) is 11.5 Å². The lowest BCUT2D eigenvalue weighted by molar-refractivity contribution is -0.870. The fourth-order valence-electron chi connectivity index (χ4n) is 4.10. The number of phenolic OH excluding ortho intramolecular Hbond substituents is 2. The number of rotatable bonds is 14. The number of aromatic hydroxyl groups is 2. The Morgan fingerprint density at radius 3 is 1.53 bits per heavy atom. The Kier molecular flexibility index (Phi) is 10.1. The standard InChI is InChI=1S/C30H44N6O2/c1-22-29(37)27(33-25-13-9-23(10-14-25)31-17-7-19-35(2)3)21-28(30(22)38)34-26-15-11-24(12-16-26)32-18-8-20-36(4,5)6/h9-16,21,31-34H,7-8,17-20H2,1-6H3,(H-,37,38)/p+2. The first-order chi connectivity index (χ1) is 18.0. The summed E-state index contributed by atoms with van der Waals surface area (Å²) in [6.45, 7) is 5.79. The molecule has 0 aliphatic rings. The molecule has 0 saturated heterocycles. The van der Waals surface area contributed by atoms with Crippen molar-refractivity contribution < 1.29 is 19.6 Å². The molecule has 3 rings (SSSR count). The number of benzene rings is 3. The van der Waals surface area contributed by atoms with Crippen LogP contribution in [0.15, 0.2) is 54.6 Å². The van der Waals surface area contributed by atoms with Crippen molar-refractivity contribution in [3.63, 3.8) is 0 Å². The van der Waals surface area contributed by atoms with Gasteiger partial charge in [0.1, 0.15) is 11.5 Å². The monoisotopic (exact) mass is 522 g/mol. The smallest absolute Gasteiger partial charge is 0.145 e. The van der Waals surface area contributed by atoms with Crippen molar-refractivity contribution in [3.8, 4) is 11.5 Å². The molecule has 0 fully saturated rings. The third-order valence-electron chi connectivity index (χ3n) is 6.35. The van der Waals surface area contributed by atoms with Crippen LogP contribution in [0, 0.1) is 6.92 Å². The SMILES string of the molecule is Cc1c(O)c(Nc2ccc(NCCC[NH+](C)C)cc2)cc(Nc2ccc(NCCC[N+](C)(C)C)cc2)c1O. The van der Waals surface area contributed by atoms with Crippen molar-refractivity contribution in [1.82, 2.24) is 0 Å². The van der Waals surface area contributed by atoms with E-state index >= 15 is 0 Å². The highest BCUT2D eigenvalue weighted by atomic mass is 16.3. The predicted octanol–water partition coefficient (Wildman–Crippen LogP) is 4.35. The molecule has 0 amide bonds. The lowest BCUT2D eigenvalue weighted by Gasteiger charge is -2.23. The fourth-order valence-corrected chi connectivity index (χ4v) is 4.10. The van der Waals surface area contributed by atoms with Gasteiger partial charge in [-0.3, -0.25) is 0 Å². The van der Waals surface area contributed by atoms with Gasteiger partial charge in [0.05, 0.1) is 59.7 Å². The average molecular weight is 523 g/mol. The molecule has 3 aromatic rings. The van der Waals surface area contributed by atoms with Gasteiger partial charge >= 0.3 is 0 Å². The van der Waals surface area contributed by atoms with Gasteiger partial charge in [-0.2, -0.15) is 0 Å². The zero-order valence-corrected chi connectivity index (χ0v) is 23.8.